The number of thiazole rings is 1. The van der Waals surface area contributed by atoms with Gasteiger partial charge in [-0.25, -0.2) is 4.98 Å². The fourth-order valence-corrected chi connectivity index (χ4v) is 5.54. The van der Waals surface area contributed by atoms with Gasteiger partial charge in [-0.3, -0.25) is 4.79 Å². The van der Waals surface area contributed by atoms with E-state index in [1.54, 1.807) is 23.1 Å². The quantitative estimate of drug-likeness (QED) is 0.479. The van der Waals surface area contributed by atoms with E-state index in [0.717, 1.165) is 58.8 Å². The molecule has 3 aromatic rings. The van der Waals surface area contributed by atoms with Gasteiger partial charge in [0, 0.05) is 54.8 Å². The largest absolute Gasteiger partial charge is 0.378 e. The minimum atomic E-state index is 0.0447. The number of aromatic nitrogens is 1. The molecule has 1 fully saturated rings. The van der Waals surface area contributed by atoms with Crippen molar-refractivity contribution in [2.24, 2.45) is 0 Å². The molecule has 2 aromatic carbocycles. The Bertz CT molecular complexity index is 1030. The van der Waals surface area contributed by atoms with E-state index < -0.39 is 0 Å². The maximum Gasteiger partial charge on any atom is 0.254 e. The van der Waals surface area contributed by atoms with Crippen LogP contribution >= 0.6 is 23.1 Å². The first kappa shape index (κ1) is 21.9. The van der Waals surface area contributed by atoms with Crippen molar-refractivity contribution in [3.63, 3.8) is 0 Å². The maximum atomic E-state index is 13.3. The Labute approximate surface area is 192 Å². The van der Waals surface area contributed by atoms with Crippen molar-refractivity contribution in [2.75, 3.05) is 38.3 Å². The normalized spacial score (nSPS) is 13.9. The molecule has 0 aliphatic carbocycles. The van der Waals surface area contributed by atoms with Crippen molar-refractivity contribution < 1.29 is 9.53 Å². The summed E-state index contributed by atoms with van der Waals surface area (Å²) in [6.07, 6.45) is 0. The van der Waals surface area contributed by atoms with Crippen molar-refractivity contribution in [1.82, 2.24) is 9.88 Å². The van der Waals surface area contributed by atoms with Gasteiger partial charge in [-0.15, -0.1) is 11.3 Å². The number of hydrogen-bond acceptors (Lipinski definition) is 6. The Morgan fingerprint density at radius 3 is 2.58 bits per heavy atom. The van der Waals surface area contributed by atoms with E-state index >= 15 is 0 Å². The summed E-state index contributed by atoms with van der Waals surface area (Å²) in [4.78, 5) is 22.0. The number of nitrogens with zero attached hydrogens (tertiary/aromatic N) is 3. The second kappa shape index (κ2) is 10.3. The predicted octanol–water partition coefficient (Wildman–Crippen LogP) is 4.85. The van der Waals surface area contributed by atoms with Gasteiger partial charge in [0.1, 0.15) is 4.34 Å². The number of para-hydroxylation sites is 1. The highest BCUT2D eigenvalue weighted by atomic mass is 32.2. The number of rotatable bonds is 7. The number of aryl methyl sites for hydroxylation is 1. The SMILES string of the molecule is Cc1csc(SCc2ccccc2C(=O)N(C)Cc2ccccc2N2CCOCC2)n1. The number of carbonyl (C=O) groups is 1. The molecule has 4 rings (SSSR count). The molecule has 1 aliphatic rings. The lowest BCUT2D eigenvalue weighted by atomic mass is 10.1. The van der Waals surface area contributed by atoms with Crippen LogP contribution < -0.4 is 4.90 Å². The molecule has 1 saturated heterocycles. The summed E-state index contributed by atoms with van der Waals surface area (Å²) in [5.74, 6) is 0.774. The number of anilines is 1. The first-order valence-electron chi connectivity index (χ1n) is 10.4. The van der Waals surface area contributed by atoms with Crippen LogP contribution in [-0.4, -0.2) is 49.1 Å². The van der Waals surface area contributed by atoms with Crippen LogP contribution in [0.15, 0.2) is 58.3 Å². The Kier molecular flexibility index (Phi) is 7.27. The minimum absolute atomic E-state index is 0.0447. The number of carbonyl (C=O) groups excluding carboxylic acids is 1. The summed E-state index contributed by atoms with van der Waals surface area (Å²) < 4.78 is 6.53. The van der Waals surface area contributed by atoms with Gasteiger partial charge in [-0.1, -0.05) is 48.2 Å². The van der Waals surface area contributed by atoms with Crippen molar-refractivity contribution in [2.45, 2.75) is 23.6 Å². The van der Waals surface area contributed by atoms with Crippen molar-refractivity contribution in [3.05, 3.63) is 76.3 Å². The van der Waals surface area contributed by atoms with Crippen LogP contribution in [0.2, 0.25) is 0 Å². The van der Waals surface area contributed by atoms with E-state index in [4.69, 9.17) is 4.74 Å². The highest BCUT2D eigenvalue weighted by Gasteiger charge is 2.19. The highest BCUT2D eigenvalue weighted by Crippen LogP contribution is 2.28. The Morgan fingerprint density at radius 1 is 1.13 bits per heavy atom. The molecule has 0 saturated carbocycles. The minimum Gasteiger partial charge on any atom is -0.378 e. The topological polar surface area (TPSA) is 45.7 Å². The van der Waals surface area contributed by atoms with E-state index in [1.165, 1.54) is 5.69 Å². The van der Waals surface area contributed by atoms with Crippen molar-refractivity contribution >= 4 is 34.7 Å². The van der Waals surface area contributed by atoms with Gasteiger partial charge >= 0.3 is 0 Å². The molecule has 162 valence electrons. The van der Waals surface area contributed by atoms with Gasteiger partial charge < -0.3 is 14.5 Å². The van der Waals surface area contributed by atoms with Crippen LogP contribution in [0.1, 0.15) is 27.2 Å². The molecule has 1 aromatic heterocycles. The van der Waals surface area contributed by atoms with Gasteiger partial charge in [-0.05, 0) is 30.2 Å². The van der Waals surface area contributed by atoms with Crippen molar-refractivity contribution in [3.8, 4) is 0 Å². The molecular weight excluding hydrogens is 426 g/mol. The molecule has 0 radical (unpaired) electrons. The lowest BCUT2D eigenvalue weighted by Gasteiger charge is -2.31. The maximum absolute atomic E-state index is 13.3. The fourth-order valence-electron chi connectivity index (χ4n) is 3.68. The standard InChI is InChI=1S/C24H27N3O2S2/c1-18-16-30-24(25-18)31-17-20-8-3-5-9-21(20)23(28)26(2)15-19-7-4-6-10-22(19)27-11-13-29-14-12-27/h3-10,16H,11-15,17H2,1-2H3. The Hall–Kier alpha value is -2.35. The van der Waals surface area contributed by atoms with E-state index in [-0.39, 0.29) is 5.91 Å². The molecule has 0 spiro atoms. The molecule has 0 atom stereocenters. The third kappa shape index (κ3) is 5.47. The van der Waals surface area contributed by atoms with Gasteiger partial charge in [0.25, 0.3) is 5.91 Å². The first-order chi connectivity index (χ1) is 15.1. The first-order valence-corrected chi connectivity index (χ1v) is 12.3. The average molecular weight is 454 g/mol. The fraction of sp³-hybridized carbons (Fsp3) is 0.333. The van der Waals surface area contributed by atoms with Crippen LogP contribution in [0.25, 0.3) is 0 Å². The summed E-state index contributed by atoms with van der Waals surface area (Å²) in [5, 5.41) is 2.05. The third-order valence-corrected chi connectivity index (χ3v) is 7.48. The number of morpholine rings is 1. The van der Waals surface area contributed by atoms with Crippen LogP contribution in [-0.2, 0) is 17.0 Å². The zero-order valence-corrected chi connectivity index (χ0v) is 19.5. The molecule has 31 heavy (non-hydrogen) atoms. The third-order valence-electron chi connectivity index (χ3n) is 5.29. The van der Waals surface area contributed by atoms with Gasteiger partial charge in [0.2, 0.25) is 0 Å². The average Bonchev–Trinajstić information content (AvgIpc) is 3.23. The lowest BCUT2D eigenvalue weighted by Crippen LogP contribution is -2.37. The zero-order valence-electron chi connectivity index (χ0n) is 17.9. The molecule has 0 N–H and O–H groups in total. The number of thioether (sulfide) groups is 1. The molecule has 7 heteroatoms. The monoisotopic (exact) mass is 453 g/mol. The zero-order chi connectivity index (χ0) is 21.6. The summed E-state index contributed by atoms with van der Waals surface area (Å²) in [5.41, 5.74) is 5.18. The Morgan fingerprint density at radius 2 is 1.84 bits per heavy atom. The van der Waals surface area contributed by atoms with Gasteiger partial charge in [0.15, 0.2) is 0 Å². The summed E-state index contributed by atoms with van der Waals surface area (Å²) in [7, 11) is 1.88. The molecule has 0 unspecified atom stereocenters. The van der Waals surface area contributed by atoms with E-state index in [9.17, 15) is 4.79 Å². The number of benzene rings is 2. The summed E-state index contributed by atoms with van der Waals surface area (Å²) in [6.45, 7) is 5.82. The molecule has 1 amide bonds. The van der Waals surface area contributed by atoms with Crippen LogP contribution in [0.3, 0.4) is 0 Å². The molecule has 1 aliphatic heterocycles. The summed E-state index contributed by atoms with van der Waals surface area (Å²) in [6, 6.07) is 16.2. The number of ether oxygens (including phenoxy) is 1. The Balaban J connectivity index is 1.48. The van der Waals surface area contributed by atoms with Gasteiger partial charge in [0.05, 0.1) is 13.2 Å². The van der Waals surface area contributed by atoms with Crippen LogP contribution in [0, 0.1) is 6.92 Å². The summed E-state index contributed by atoms with van der Waals surface area (Å²) >= 11 is 3.33. The molecular formula is C24H27N3O2S2. The van der Waals surface area contributed by atoms with Crippen LogP contribution in [0.4, 0.5) is 5.69 Å². The second-order valence-electron chi connectivity index (χ2n) is 7.59. The number of hydrogen-bond donors (Lipinski definition) is 0. The van der Waals surface area contributed by atoms with Crippen LogP contribution in [0.5, 0.6) is 0 Å². The molecule has 5 nitrogen and oxygen atoms in total. The van der Waals surface area contributed by atoms with E-state index in [2.05, 4.69) is 33.5 Å². The predicted molar refractivity (Wildman–Crippen MR) is 128 cm³/mol. The molecule has 2 heterocycles. The van der Waals surface area contributed by atoms with Crippen molar-refractivity contribution in [1.29, 1.82) is 0 Å². The van der Waals surface area contributed by atoms with E-state index in [1.807, 2.05) is 49.2 Å². The van der Waals surface area contributed by atoms with Gasteiger partial charge in [-0.2, -0.15) is 0 Å². The second-order valence-corrected chi connectivity index (χ2v) is 9.67. The lowest BCUT2D eigenvalue weighted by molar-refractivity contribution is 0.0784. The molecule has 0 bridgehead atoms. The smallest absolute Gasteiger partial charge is 0.254 e. The number of amides is 1. The highest BCUT2D eigenvalue weighted by molar-refractivity contribution is 8.00. The van der Waals surface area contributed by atoms with E-state index in [0.29, 0.717) is 6.54 Å².